The summed E-state index contributed by atoms with van der Waals surface area (Å²) in [6, 6.07) is -0.945. The number of ether oxygens (including phenoxy) is 1. The van der Waals surface area contributed by atoms with Crippen molar-refractivity contribution in [2.24, 2.45) is 5.73 Å². The molecule has 0 bridgehead atoms. The van der Waals surface area contributed by atoms with Gasteiger partial charge in [-0.05, 0) is 0 Å². The van der Waals surface area contributed by atoms with Crippen LogP contribution in [0.2, 0.25) is 0 Å². The van der Waals surface area contributed by atoms with Crippen molar-refractivity contribution in [3.63, 3.8) is 0 Å². The Bertz CT molecular complexity index is 154. The van der Waals surface area contributed by atoms with Gasteiger partial charge in [0.1, 0.15) is 18.3 Å². The molecule has 0 saturated heterocycles. The van der Waals surface area contributed by atoms with Crippen LogP contribution in [0.15, 0.2) is 0 Å². The first-order valence-corrected chi connectivity index (χ1v) is 3.79. The third-order valence-corrected chi connectivity index (χ3v) is 1.73. The van der Waals surface area contributed by atoms with Gasteiger partial charge >= 0.3 is 0 Å². The van der Waals surface area contributed by atoms with Gasteiger partial charge in [-0.3, -0.25) is 0 Å². The van der Waals surface area contributed by atoms with E-state index in [9.17, 15) is 9.90 Å². The molecule has 5 N–H and O–H groups in total. The van der Waals surface area contributed by atoms with Crippen molar-refractivity contribution >= 4 is 6.29 Å². The molecular formula is C7H15NO5. The van der Waals surface area contributed by atoms with Gasteiger partial charge in [0.2, 0.25) is 0 Å². The number of nitrogens with two attached hydrogens (primary N) is 1. The highest BCUT2D eigenvalue weighted by Crippen LogP contribution is 2.05. The second-order valence-corrected chi connectivity index (χ2v) is 2.66. The fraction of sp³-hybridized carbons (Fsp3) is 0.857. The summed E-state index contributed by atoms with van der Waals surface area (Å²) in [5.41, 5.74) is 5.28. The van der Waals surface area contributed by atoms with Gasteiger partial charge in [-0.1, -0.05) is 0 Å². The van der Waals surface area contributed by atoms with Crippen LogP contribution in [0.25, 0.3) is 0 Å². The Labute approximate surface area is 75.9 Å². The van der Waals surface area contributed by atoms with E-state index in [0.717, 1.165) is 0 Å². The van der Waals surface area contributed by atoms with Crippen molar-refractivity contribution < 1.29 is 24.9 Å². The van der Waals surface area contributed by atoms with E-state index in [-0.39, 0.29) is 6.29 Å². The molecule has 0 saturated carbocycles. The lowest BCUT2D eigenvalue weighted by atomic mass is 10.0. The summed E-state index contributed by atoms with van der Waals surface area (Å²) >= 11 is 0. The smallest absolute Gasteiger partial charge is 0.151 e. The molecule has 0 aromatic carbocycles. The number of aliphatic hydroxyl groups excluding tert-OH is 3. The maximum absolute atomic E-state index is 10.2. The van der Waals surface area contributed by atoms with E-state index in [1.54, 1.807) is 0 Å². The number of carbonyl (C=O) groups excluding carboxylic acids is 1. The zero-order valence-corrected chi connectivity index (χ0v) is 7.33. The molecule has 0 rings (SSSR count). The molecule has 0 aliphatic rings. The summed E-state index contributed by atoms with van der Waals surface area (Å²) in [5, 5.41) is 27.0. The van der Waals surface area contributed by atoms with Crippen LogP contribution < -0.4 is 5.73 Å². The van der Waals surface area contributed by atoms with Gasteiger partial charge < -0.3 is 30.6 Å². The van der Waals surface area contributed by atoms with E-state index < -0.39 is 31.0 Å². The average Bonchev–Trinajstić information content (AvgIpc) is 2.17. The lowest BCUT2D eigenvalue weighted by Crippen LogP contribution is -2.51. The molecule has 0 fully saturated rings. The quantitative estimate of drug-likeness (QED) is 0.340. The van der Waals surface area contributed by atoms with Gasteiger partial charge in [0.25, 0.3) is 0 Å². The Hall–Kier alpha value is -0.530. The van der Waals surface area contributed by atoms with Gasteiger partial charge in [0.05, 0.1) is 12.6 Å². The molecule has 0 unspecified atom stereocenters. The van der Waals surface area contributed by atoms with Crippen LogP contribution in [0, 0.1) is 0 Å². The molecule has 0 aromatic rings. The van der Waals surface area contributed by atoms with Gasteiger partial charge in [-0.25, -0.2) is 0 Å². The van der Waals surface area contributed by atoms with E-state index in [4.69, 9.17) is 15.9 Å². The summed E-state index contributed by atoms with van der Waals surface area (Å²) in [6.45, 7) is -0.452. The van der Waals surface area contributed by atoms with Crippen molar-refractivity contribution in [3.05, 3.63) is 0 Å². The zero-order chi connectivity index (χ0) is 10.4. The molecule has 4 atom stereocenters. The normalized spacial score (nSPS) is 20.4. The van der Waals surface area contributed by atoms with Crippen LogP contribution >= 0.6 is 0 Å². The molecule has 78 valence electrons. The summed E-state index contributed by atoms with van der Waals surface area (Å²) in [4.78, 5) is 10.2. The molecule has 0 aromatic heterocycles. The standard InChI is InChI=1S/C7H15NO5/c1-13-7(5(11)3-10)6(12)4(8)2-9/h3-7,9,11-12H,2,8H2,1H3/t4-,5-,6+,7+/m0/s1. The minimum Gasteiger partial charge on any atom is -0.395 e. The molecular weight excluding hydrogens is 178 g/mol. The predicted molar refractivity (Wildman–Crippen MR) is 43.9 cm³/mol. The monoisotopic (exact) mass is 193 g/mol. The Kier molecular flexibility index (Phi) is 5.76. The van der Waals surface area contributed by atoms with Crippen molar-refractivity contribution in [3.8, 4) is 0 Å². The van der Waals surface area contributed by atoms with Crippen molar-refractivity contribution in [2.75, 3.05) is 13.7 Å². The Balaban J connectivity index is 4.29. The first-order valence-electron chi connectivity index (χ1n) is 3.79. The maximum Gasteiger partial charge on any atom is 0.151 e. The zero-order valence-electron chi connectivity index (χ0n) is 7.33. The van der Waals surface area contributed by atoms with E-state index in [2.05, 4.69) is 4.74 Å². The van der Waals surface area contributed by atoms with Crippen molar-refractivity contribution in [2.45, 2.75) is 24.4 Å². The lowest BCUT2D eigenvalue weighted by molar-refractivity contribution is -0.131. The summed E-state index contributed by atoms with van der Waals surface area (Å²) in [6.07, 6.45) is -3.60. The molecule has 0 heterocycles. The molecule has 0 aliphatic carbocycles. The summed E-state index contributed by atoms with van der Waals surface area (Å²) in [5.74, 6) is 0. The van der Waals surface area contributed by atoms with E-state index >= 15 is 0 Å². The van der Waals surface area contributed by atoms with E-state index in [1.807, 2.05) is 0 Å². The topological polar surface area (TPSA) is 113 Å². The Morgan fingerprint density at radius 1 is 1.54 bits per heavy atom. The SMILES string of the molecule is CO[C@@H]([C@H](O)[C@@H](N)CO)[C@@H](O)C=O. The number of methoxy groups -OCH3 is 1. The van der Waals surface area contributed by atoms with Gasteiger partial charge in [-0.2, -0.15) is 0 Å². The number of aldehydes is 1. The van der Waals surface area contributed by atoms with Gasteiger partial charge in [0.15, 0.2) is 6.29 Å². The van der Waals surface area contributed by atoms with Crippen LogP contribution in [0.4, 0.5) is 0 Å². The molecule has 0 amide bonds. The molecule has 6 nitrogen and oxygen atoms in total. The fourth-order valence-corrected chi connectivity index (χ4v) is 0.910. The van der Waals surface area contributed by atoms with E-state index in [1.165, 1.54) is 7.11 Å². The van der Waals surface area contributed by atoms with Gasteiger partial charge in [0, 0.05) is 7.11 Å². The molecule has 0 radical (unpaired) electrons. The highest BCUT2D eigenvalue weighted by Gasteiger charge is 2.30. The Morgan fingerprint density at radius 2 is 2.08 bits per heavy atom. The third kappa shape index (κ3) is 3.37. The second-order valence-electron chi connectivity index (χ2n) is 2.66. The molecule has 0 aliphatic heterocycles. The van der Waals surface area contributed by atoms with Gasteiger partial charge in [-0.15, -0.1) is 0 Å². The summed E-state index contributed by atoms with van der Waals surface area (Å²) < 4.78 is 4.67. The van der Waals surface area contributed by atoms with E-state index in [0.29, 0.717) is 0 Å². The van der Waals surface area contributed by atoms with Crippen LogP contribution in [0.5, 0.6) is 0 Å². The van der Waals surface area contributed by atoms with Crippen LogP contribution in [-0.2, 0) is 9.53 Å². The number of hydrogen-bond donors (Lipinski definition) is 4. The number of carbonyl (C=O) groups is 1. The summed E-state index contributed by atoms with van der Waals surface area (Å²) in [7, 11) is 1.23. The predicted octanol–water partition coefficient (Wildman–Crippen LogP) is -2.76. The minimum atomic E-state index is -1.45. The number of aliphatic hydroxyl groups is 3. The lowest BCUT2D eigenvalue weighted by Gasteiger charge is -2.26. The highest BCUT2D eigenvalue weighted by molar-refractivity contribution is 5.56. The largest absolute Gasteiger partial charge is 0.395 e. The first kappa shape index (κ1) is 12.5. The highest BCUT2D eigenvalue weighted by atomic mass is 16.5. The molecule has 13 heavy (non-hydrogen) atoms. The van der Waals surface area contributed by atoms with Crippen molar-refractivity contribution in [1.82, 2.24) is 0 Å². The first-order chi connectivity index (χ1) is 6.08. The average molecular weight is 193 g/mol. The second kappa shape index (κ2) is 6.01. The van der Waals surface area contributed by atoms with Crippen LogP contribution in [-0.4, -0.2) is 59.7 Å². The van der Waals surface area contributed by atoms with Crippen LogP contribution in [0.1, 0.15) is 0 Å². The molecule has 0 spiro atoms. The minimum absolute atomic E-state index is 0.238. The van der Waals surface area contributed by atoms with Crippen molar-refractivity contribution in [1.29, 1.82) is 0 Å². The fourth-order valence-electron chi connectivity index (χ4n) is 0.910. The number of rotatable bonds is 6. The van der Waals surface area contributed by atoms with Crippen LogP contribution in [0.3, 0.4) is 0 Å². The maximum atomic E-state index is 10.2. The molecule has 6 heteroatoms. The number of hydrogen-bond acceptors (Lipinski definition) is 6. The third-order valence-electron chi connectivity index (χ3n) is 1.73. The Morgan fingerprint density at radius 3 is 2.38 bits per heavy atom.